The Hall–Kier alpha value is -3.41. The summed E-state index contributed by atoms with van der Waals surface area (Å²) >= 11 is 0. The number of hydrogen-bond acceptors (Lipinski definition) is 3. The van der Waals surface area contributed by atoms with Crippen LogP contribution in [-0.4, -0.2) is 19.1 Å². The maximum absolute atomic E-state index is 14.7. The van der Waals surface area contributed by atoms with Crippen molar-refractivity contribution in [1.82, 2.24) is 0 Å². The van der Waals surface area contributed by atoms with Gasteiger partial charge in [-0.05, 0) is 59.7 Å². The topological polar surface area (TPSA) is 27.7 Å². The Labute approximate surface area is 217 Å². The summed E-state index contributed by atoms with van der Waals surface area (Å²) in [5.74, 6) is -6.79. The van der Waals surface area contributed by atoms with E-state index in [4.69, 9.17) is 4.74 Å². The van der Waals surface area contributed by atoms with E-state index in [0.29, 0.717) is 42.4 Å². The first-order valence-electron chi connectivity index (χ1n) is 11.7. The lowest BCUT2D eigenvalue weighted by atomic mass is 9.94. The van der Waals surface area contributed by atoms with E-state index in [2.05, 4.69) is 16.4 Å². The highest BCUT2D eigenvalue weighted by atomic mass is 19.4. The first-order valence-corrected chi connectivity index (χ1v) is 11.7. The molecule has 0 amide bonds. The summed E-state index contributed by atoms with van der Waals surface area (Å²) < 4.78 is 136. The van der Waals surface area contributed by atoms with Gasteiger partial charge >= 0.3 is 18.6 Å². The number of rotatable bonds is 7. The summed E-state index contributed by atoms with van der Waals surface area (Å²) in [4.78, 5) is 0. The van der Waals surface area contributed by atoms with Crippen molar-refractivity contribution in [2.24, 2.45) is 5.92 Å². The fourth-order valence-corrected chi connectivity index (χ4v) is 4.07. The Kier molecular flexibility index (Phi) is 8.06. The molecular formula is C27H21F9O3. The standard InChI is InChI=1S/C27H21F9O3/c1-14-2-8-22(37-13-14)16-5-3-15(4-6-16)17-10-20(29)24(21(30)11-17)27(35,36)39-18-7-9-23(19(28)12-18)38-25(31)26(32,33)34/h3-7,9-12,14,22,25H,2,8,13H2,1H3. The number of hydrogen-bond donors (Lipinski definition) is 0. The van der Waals surface area contributed by atoms with Crippen LogP contribution in [0.5, 0.6) is 11.5 Å². The Morgan fingerprint density at radius 1 is 0.821 bits per heavy atom. The van der Waals surface area contributed by atoms with Gasteiger partial charge in [-0.15, -0.1) is 0 Å². The van der Waals surface area contributed by atoms with Crippen LogP contribution in [0.25, 0.3) is 11.1 Å². The van der Waals surface area contributed by atoms with Gasteiger partial charge in [-0.25, -0.2) is 13.2 Å². The van der Waals surface area contributed by atoms with Crippen molar-refractivity contribution >= 4 is 0 Å². The summed E-state index contributed by atoms with van der Waals surface area (Å²) in [7, 11) is 0. The van der Waals surface area contributed by atoms with Crippen molar-refractivity contribution in [3.05, 3.63) is 83.2 Å². The molecule has 1 aliphatic heterocycles. The van der Waals surface area contributed by atoms with Crippen molar-refractivity contribution in [1.29, 1.82) is 0 Å². The monoisotopic (exact) mass is 564 g/mol. The van der Waals surface area contributed by atoms with Crippen molar-refractivity contribution in [2.75, 3.05) is 6.61 Å². The van der Waals surface area contributed by atoms with Gasteiger partial charge in [0, 0.05) is 12.7 Å². The molecule has 3 unspecified atom stereocenters. The van der Waals surface area contributed by atoms with Crippen LogP contribution in [0.3, 0.4) is 0 Å². The zero-order chi connectivity index (χ0) is 28.5. The molecule has 1 heterocycles. The fourth-order valence-electron chi connectivity index (χ4n) is 4.07. The summed E-state index contributed by atoms with van der Waals surface area (Å²) in [6.45, 7) is 2.69. The van der Waals surface area contributed by atoms with E-state index in [1.807, 2.05) is 0 Å². The van der Waals surface area contributed by atoms with Crippen LogP contribution in [0, 0.1) is 23.4 Å². The van der Waals surface area contributed by atoms with Crippen molar-refractivity contribution in [2.45, 2.75) is 44.5 Å². The van der Waals surface area contributed by atoms with Gasteiger partial charge in [-0.3, -0.25) is 0 Å². The molecule has 0 radical (unpaired) electrons. The quantitative estimate of drug-likeness (QED) is 0.269. The predicted octanol–water partition coefficient (Wildman–Crippen LogP) is 8.62. The largest absolute Gasteiger partial charge is 0.457 e. The third-order valence-electron chi connectivity index (χ3n) is 6.09. The van der Waals surface area contributed by atoms with Crippen LogP contribution in [0.1, 0.15) is 37.0 Å². The lowest BCUT2D eigenvalue weighted by molar-refractivity contribution is -0.237. The minimum absolute atomic E-state index is 0.0349. The SMILES string of the molecule is CC1CCC(c2ccc(-c3cc(F)c(C(F)(F)Oc4ccc(OC(F)C(F)(F)F)c(F)c4)c(F)c3)cc2)OC1. The van der Waals surface area contributed by atoms with E-state index in [1.165, 1.54) is 0 Å². The maximum atomic E-state index is 14.7. The van der Waals surface area contributed by atoms with Gasteiger partial charge in [0.05, 0.1) is 6.10 Å². The molecule has 0 bridgehead atoms. The average molecular weight is 564 g/mol. The van der Waals surface area contributed by atoms with Gasteiger partial charge in [0.1, 0.15) is 22.9 Å². The number of halogens is 9. The predicted molar refractivity (Wildman–Crippen MR) is 121 cm³/mol. The highest BCUT2D eigenvalue weighted by Crippen LogP contribution is 2.39. The van der Waals surface area contributed by atoms with E-state index < -0.39 is 53.2 Å². The Bertz CT molecular complexity index is 1280. The van der Waals surface area contributed by atoms with Crippen molar-refractivity contribution in [3.63, 3.8) is 0 Å². The van der Waals surface area contributed by atoms with Gasteiger partial charge in [0.2, 0.25) is 0 Å². The van der Waals surface area contributed by atoms with E-state index in [-0.39, 0.29) is 17.7 Å². The summed E-state index contributed by atoms with van der Waals surface area (Å²) in [5, 5.41) is 0. The molecule has 0 spiro atoms. The van der Waals surface area contributed by atoms with E-state index in [0.717, 1.165) is 18.4 Å². The van der Waals surface area contributed by atoms with Crippen LogP contribution >= 0.6 is 0 Å². The van der Waals surface area contributed by atoms with Crippen LogP contribution in [-0.2, 0) is 10.8 Å². The van der Waals surface area contributed by atoms with E-state index in [9.17, 15) is 39.5 Å². The van der Waals surface area contributed by atoms with Gasteiger partial charge in [-0.2, -0.15) is 26.3 Å². The highest BCUT2D eigenvalue weighted by Gasteiger charge is 2.43. The highest BCUT2D eigenvalue weighted by molar-refractivity contribution is 5.64. The third kappa shape index (κ3) is 6.60. The Morgan fingerprint density at radius 2 is 1.46 bits per heavy atom. The molecule has 3 aromatic carbocycles. The number of benzene rings is 3. The van der Waals surface area contributed by atoms with Crippen LogP contribution < -0.4 is 9.47 Å². The lowest BCUT2D eigenvalue weighted by Crippen LogP contribution is -2.30. The molecule has 3 nitrogen and oxygen atoms in total. The van der Waals surface area contributed by atoms with Crippen molar-refractivity contribution in [3.8, 4) is 22.6 Å². The summed E-state index contributed by atoms with van der Waals surface area (Å²) in [5.41, 5.74) is -0.590. The molecule has 3 atom stereocenters. The normalized spacial score (nSPS) is 19.0. The van der Waals surface area contributed by atoms with Crippen LogP contribution in [0.15, 0.2) is 54.6 Å². The van der Waals surface area contributed by atoms with Crippen LogP contribution in [0.4, 0.5) is 39.5 Å². The average Bonchev–Trinajstić information content (AvgIpc) is 2.85. The van der Waals surface area contributed by atoms with E-state index in [1.54, 1.807) is 24.3 Å². The molecule has 3 aromatic rings. The number of ether oxygens (including phenoxy) is 3. The summed E-state index contributed by atoms with van der Waals surface area (Å²) in [6.07, 6.45) is -12.3. The Morgan fingerprint density at radius 3 is 2.00 bits per heavy atom. The molecule has 0 aromatic heterocycles. The first-order chi connectivity index (χ1) is 18.2. The maximum Gasteiger partial charge on any atom is 0.457 e. The molecule has 12 heteroatoms. The second-order valence-corrected chi connectivity index (χ2v) is 9.13. The molecule has 210 valence electrons. The summed E-state index contributed by atoms with van der Waals surface area (Å²) in [6, 6.07) is 9.04. The zero-order valence-corrected chi connectivity index (χ0v) is 20.2. The molecule has 39 heavy (non-hydrogen) atoms. The Balaban J connectivity index is 1.51. The van der Waals surface area contributed by atoms with Gasteiger partial charge in [0.15, 0.2) is 11.6 Å². The van der Waals surface area contributed by atoms with E-state index >= 15 is 0 Å². The molecule has 0 saturated carbocycles. The smallest absolute Gasteiger partial charge is 0.449 e. The molecule has 0 aliphatic carbocycles. The van der Waals surface area contributed by atoms with Crippen molar-refractivity contribution < 1.29 is 53.7 Å². The van der Waals surface area contributed by atoms with Gasteiger partial charge in [0.25, 0.3) is 0 Å². The second-order valence-electron chi connectivity index (χ2n) is 9.13. The molecule has 1 fully saturated rings. The van der Waals surface area contributed by atoms with Gasteiger partial charge in [-0.1, -0.05) is 31.2 Å². The van der Waals surface area contributed by atoms with Gasteiger partial charge < -0.3 is 14.2 Å². The second kappa shape index (κ2) is 11.0. The lowest BCUT2D eigenvalue weighted by Gasteiger charge is -2.27. The third-order valence-corrected chi connectivity index (χ3v) is 6.09. The fraction of sp³-hybridized carbons (Fsp3) is 0.333. The minimum atomic E-state index is -5.46. The number of alkyl halides is 6. The molecular weight excluding hydrogens is 543 g/mol. The van der Waals surface area contributed by atoms with Crippen LogP contribution in [0.2, 0.25) is 0 Å². The molecule has 4 rings (SSSR count). The minimum Gasteiger partial charge on any atom is -0.449 e. The molecule has 0 N–H and O–H groups in total. The first kappa shape index (κ1) is 28.6. The molecule has 1 aliphatic rings. The zero-order valence-electron chi connectivity index (χ0n) is 20.2. The molecule has 1 saturated heterocycles.